The molecule has 0 saturated heterocycles. The Labute approximate surface area is 96.2 Å². The highest BCUT2D eigenvalue weighted by Gasteiger charge is 2.32. The van der Waals surface area contributed by atoms with Crippen LogP contribution in [0.25, 0.3) is 0 Å². The maximum Gasteiger partial charge on any atom is 0.136 e. The summed E-state index contributed by atoms with van der Waals surface area (Å²) < 4.78 is 2.36. The number of fused-ring (bicyclic) bond motifs is 1. The third-order valence-corrected chi connectivity index (χ3v) is 3.74. The highest BCUT2D eigenvalue weighted by atomic mass is 15.3. The number of hydrogen-bond donors (Lipinski definition) is 1. The molecule has 1 saturated carbocycles. The fourth-order valence-corrected chi connectivity index (χ4v) is 2.79. The minimum atomic E-state index is 0.308. The highest BCUT2D eigenvalue weighted by molar-refractivity contribution is 5.10. The minimum absolute atomic E-state index is 0.308. The minimum Gasteiger partial charge on any atom is -0.328 e. The van der Waals surface area contributed by atoms with Crippen molar-refractivity contribution in [3.8, 4) is 0 Å². The zero-order valence-corrected chi connectivity index (χ0v) is 9.89. The van der Waals surface area contributed by atoms with Crippen LogP contribution < -0.4 is 5.73 Å². The molecule has 0 spiro atoms. The number of aromatic nitrogens is 3. The van der Waals surface area contributed by atoms with Gasteiger partial charge in [0.2, 0.25) is 0 Å². The molecule has 3 rings (SSSR count). The number of nitrogens with two attached hydrogens (primary N) is 1. The quantitative estimate of drug-likeness (QED) is 0.839. The molecule has 1 fully saturated rings. The van der Waals surface area contributed by atoms with Gasteiger partial charge in [0, 0.05) is 24.9 Å². The van der Waals surface area contributed by atoms with Crippen LogP contribution in [0.4, 0.5) is 0 Å². The van der Waals surface area contributed by atoms with E-state index in [2.05, 4.69) is 21.7 Å². The maximum absolute atomic E-state index is 5.86. The third-order valence-electron chi connectivity index (χ3n) is 3.74. The molecule has 2 heterocycles. The van der Waals surface area contributed by atoms with E-state index in [4.69, 9.17) is 5.73 Å². The summed E-state index contributed by atoms with van der Waals surface area (Å²) in [6, 6.07) is 0.308. The van der Waals surface area contributed by atoms with E-state index in [1.54, 1.807) is 0 Å². The van der Waals surface area contributed by atoms with Crippen LogP contribution in [0.3, 0.4) is 0 Å². The number of rotatable bonds is 3. The Morgan fingerprint density at radius 3 is 2.88 bits per heavy atom. The average molecular weight is 220 g/mol. The molecule has 1 aliphatic heterocycles. The van der Waals surface area contributed by atoms with Crippen molar-refractivity contribution in [1.82, 2.24) is 14.8 Å². The molecule has 88 valence electrons. The fourth-order valence-electron chi connectivity index (χ4n) is 2.79. The lowest BCUT2D eigenvalue weighted by Crippen LogP contribution is -2.26. The van der Waals surface area contributed by atoms with E-state index in [0.717, 1.165) is 19.4 Å². The van der Waals surface area contributed by atoms with Gasteiger partial charge in [0.25, 0.3) is 0 Å². The van der Waals surface area contributed by atoms with E-state index in [1.807, 2.05) is 0 Å². The van der Waals surface area contributed by atoms with E-state index in [9.17, 15) is 0 Å². The summed E-state index contributed by atoms with van der Waals surface area (Å²) >= 11 is 0. The molecule has 1 aromatic heterocycles. The van der Waals surface area contributed by atoms with E-state index >= 15 is 0 Å². The van der Waals surface area contributed by atoms with Crippen molar-refractivity contribution < 1.29 is 0 Å². The first kappa shape index (κ1) is 10.3. The summed E-state index contributed by atoms with van der Waals surface area (Å²) in [6.45, 7) is 3.19. The lowest BCUT2D eigenvalue weighted by Gasteiger charge is -2.24. The predicted molar refractivity (Wildman–Crippen MR) is 62.1 cm³/mol. The first-order valence-corrected chi connectivity index (χ1v) is 6.41. The molecule has 0 amide bonds. The van der Waals surface area contributed by atoms with Crippen LogP contribution >= 0.6 is 0 Å². The molecule has 2 atom stereocenters. The molecule has 0 bridgehead atoms. The molecule has 16 heavy (non-hydrogen) atoms. The first-order valence-electron chi connectivity index (χ1n) is 6.41. The smallest absolute Gasteiger partial charge is 0.136 e. The van der Waals surface area contributed by atoms with E-state index in [1.165, 1.54) is 30.9 Å². The van der Waals surface area contributed by atoms with Gasteiger partial charge in [-0.15, -0.1) is 10.2 Å². The molecular weight excluding hydrogens is 200 g/mol. The van der Waals surface area contributed by atoms with Gasteiger partial charge in [0.15, 0.2) is 0 Å². The van der Waals surface area contributed by atoms with Gasteiger partial charge in [-0.2, -0.15) is 0 Å². The zero-order valence-electron chi connectivity index (χ0n) is 9.89. The maximum atomic E-state index is 5.86. The molecule has 0 aromatic carbocycles. The fraction of sp³-hybridized carbons (Fsp3) is 0.833. The average Bonchev–Trinajstić information content (AvgIpc) is 2.98. The Morgan fingerprint density at radius 2 is 2.19 bits per heavy atom. The predicted octanol–water partition coefficient (Wildman–Crippen LogP) is 1.46. The Morgan fingerprint density at radius 1 is 1.38 bits per heavy atom. The summed E-state index contributed by atoms with van der Waals surface area (Å²) in [5.74, 6) is 3.86. The summed E-state index contributed by atoms with van der Waals surface area (Å²) in [4.78, 5) is 0. The molecule has 2 N–H and O–H groups in total. The summed E-state index contributed by atoms with van der Waals surface area (Å²) in [7, 11) is 0. The normalized spacial score (nSPS) is 26.5. The molecule has 2 aliphatic rings. The van der Waals surface area contributed by atoms with Gasteiger partial charge in [-0.05, 0) is 38.5 Å². The second-order valence-corrected chi connectivity index (χ2v) is 5.47. The lowest BCUT2D eigenvalue weighted by atomic mass is 9.91. The molecule has 4 heteroatoms. The highest BCUT2D eigenvalue weighted by Crippen LogP contribution is 2.40. The van der Waals surface area contributed by atoms with E-state index < -0.39 is 0 Å². The molecule has 1 aliphatic carbocycles. The van der Waals surface area contributed by atoms with Crippen LogP contribution in [-0.4, -0.2) is 20.8 Å². The van der Waals surface area contributed by atoms with Crippen molar-refractivity contribution in [2.75, 3.05) is 0 Å². The Balaban J connectivity index is 1.74. The van der Waals surface area contributed by atoms with Gasteiger partial charge >= 0.3 is 0 Å². The van der Waals surface area contributed by atoms with Crippen molar-refractivity contribution in [3.05, 3.63) is 11.6 Å². The Kier molecular flexibility index (Phi) is 2.46. The Hall–Kier alpha value is -0.900. The molecule has 2 unspecified atom stereocenters. The van der Waals surface area contributed by atoms with Gasteiger partial charge in [-0.1, -0.05) is 0 Å². The van der Waals surface area contributed by atoms with Crippen molar-refractivity contribution in [1.29, 1.82) is 0 Å². The lowest BCUT2D eigenvalue weighted by molar-refractivity contribution is 0.340. The second kappa shape index (κ2) is 3.84. The SMILES string of the molecule is CC(N)CC1CCn2c(nnc2C2CC2)C1. The summed E-state index contributed by atoms with van der Waals surface area (Å²) in [6.07, 6.45) is 6.04. The third kappa shape index (κ3) is 1.86. The van der Waals surface area contributed by atoms with Gasteiger partial charge in [0.05, 0.1) is 0 Å². The summed E-state index contributed by atoms with van der Waals surface area (Å²) in [5.41, 5.74) is 5.86. The largest absolute Gasteiger partial charge is 0.328 e. The molecular formula is C12H20N4. The molecule has 0 radical (unpaired) electrons. The monoisotopic (exact) mass is 220 g/mol. The summed E-state index contributed by atoms with van der Waals surface area (Å²) in [5, 5.41) is 8.70. The van der Waals surface area contributed by atoms with Crippen LogP contribution in [0.5, 0.6) is 0 Å². The number of hydrogen-bond acceptors (Lipinski definition) is 3. The van der Waals surface area contributed by atoms with Gasteiger partial charge < -0.3 is 10.3 Å². The second-order valence-electron chi connectivity index (χ2n) is 5.47. The van der Waals surface area contributed by atoms with Crippen molar-refractivity contribution >= 4 is 0 Å². The van der Waals surface area contributed by atoms with Crippen LogP contribution in [0.1, 0.15) is 50.2 Å². The van der Waals surface area contributed by atoms with Gasteiger partial charge in [0.1, 0.15) is 11.6 Å². The van der Waals surface area contributed by atoms with Crippen LogP contribution in [-0.2, 0) is 13.0 Å². The van der Waals surface area contributed by atoms with E-state index in [0.29, 0.717) is 17.9 Å². The standard InChI is InChI=1S/C12H20N4/c1-8(13)6-9-4-5-16-11(7-9)14-15-12(16)10-2-3-10/h8-10H,2-7,13H2,1H3. The molecule has 1 aromatic rings. The topological polar surface area (TPSA) is 56.7 Å². The van der Waals surface area contributed by atoms with Gasteiger partial charge in [-0.3, -0.25) is 0 Å². The van der Waals surface area contributed by atoms with E-state index in [-0.39, 0.29) is 0 Å². The number of nitrogens with zero attached hydrogens (tertiary/aromatic N) is 3. The zero-order chi connectivity index (χ0) is 11.1. The van der Waals surface area contributed by atoms with Gasteiger partial charge in [-0.25, -0.2) is 0 Å². The van der Waals surface area contributed by atoms with Crippen molar-refractivity contribution in [2.45, 2.75) is 57.5 Å². The van der Waals surface area contributed by atoms with Crippen LogP contribution in [0.15, 0.2) is 0 Å². The Bertz CT molecular complexity index is 378. The van der Waals surface area contributed by atoms with Crippen LogP contribution in [0, 0.1) is 5.92 Å². The van der Waals surface area contributed by atoms with Crippen molar-refractivity contribution in [2.24, 2.45) is 11.7 Å². The van der Waals surface area contributed by atoms with Crippen molar-refractivity contribution in [3.63, 3.8) is 0 Å². The van der Waals surface area contributed by atoms with Crippen LogP contribution in [0.2, 0.25) is 0 Å². The first-order chi connectivity index (χ1) is 7.74. The molecule has 4 nitrogen and oxygen atoms in total.